The van der Waals surface area contributed by atoms with E-state index in [1.165, 1.54) is 25.1 Å². The number of anilines is 1. The number of nitrogens with two attached hydrogens (primary N) is 1. The van der Waals surface area contributed by atoms with Crippen molar-refractivity contribution < 1.29 is 31.5 Å². The highest BCUT2D eigenvalue weighted by atomic mass is 32.2. The SMILES string of the molecule is C[C@]1(N)CN(c2ccc(C(F)(F)F)cn2)CCN1S(=O)(=O)c1ccc2c(c1)C(C(=O)O)CC2. The van der Waals surface area contributed by atoms with Gasteiger partial charge in [0.15, 0.2) is 0 Å². The first-order valence-corrected chi connectivity index (χ1v) is 11.7. The van der Waals surface area contributed by atoms with Crippen LogP contribution in [0.1, 0.15) is 36.0 Å². The standard InChI is InChI=1S/C21H23F3N4O4S/c1-20(25)12-27(18-7-4-14(11-26-18)21(22,23)24)8-9-28(20)33(31,32)15-5-2-13-3-6-16(19(29)30)17(13)10-15/h2,4-5,7,10-11,16H,3,6,8-9,12,25H2,1H3,(H,29,30)/t16?,20-/m1/s1. The average Bonchev–Trinajstić information content (AvgIpc) is 3.16. The number of aryl methyl sites for hydroxylation is 1. The topological polar surface area (TPSA) is 117 Å². The second-order valence-corrected chi connectivity index (χ2v) is 10.4. The van der Waals surface area contributed by atoms with E-state index < -0.39 is 39.3 Å². The smallest absolute Gasteiger partial charge is 0.417 e. The van der Waals surface area contributed by atoms with E-state index in [1.807, 2.05) is 0 Å². The monoisotopic (exact) mass is 484 g/mol. The highest BCUT2D eigenvalue weighted by Gasteiger charge is 2.43. The van der Waals surface area contributed by atoms with Gasteiger partial charge in [0.05, 0.1) is 28.6 Å². The molecule has 2 aromatic rings. The molecule has 0 radical (unpaired) electrons. The zero-order valence-corrected chi connectivity index (χ0v) is 18.5. The lowest BCUT2D eigenvalue weighted by molar-refractivity contribution is -0.139. The van der Waals surface area contributed by atoms with E-state index in [0.717, 1.165) is 22.1 Å². The number of nitrogens with zero attached hydrogens (tertiary/aromatic N) is 3. The number of hydrogen-bond donors (Lipinski definition) is 2. The van der Waals surface area contributed by atoms with Gasteiger partial charge in [-0.3, -0.25) is 4.79 Å². The van der Waals surface area contributed by atoms with Crippen molar-refractivity contribution in [3.05, 3.63) is 53.2 Å². The van der Waals surface area contributed by atoms with Gasteiger partial charge < -0.3 is 15.7 Å². The third kappa shape index (κ3) is 4.30. The summed E-state index contributed by atoms with van der Waals surface area (Å²) in [5.41, 5.74) is 5.42. The Labute approximate surface area is 188 Å². The number of benzene rings is 1. The van der Waals surface area contributed by atoms with Crippen LogP contribution in [0.3, 0.4) is 0 Å². The van der Waals surface area contributed by atoms with E-state index in [-0.39, 0.29) is 30.3 Å². The Hall–Kier alpha value is -2.70. The zero-order chi connectivity index (χ0) is 24.2. The largest absolute Gasteiger partial charge is 0.481 e. The van der Waals surface area contributed by atoms with Gasteiger partial charge in [-0.05, 0) is 55.2 Å². The summed E-state index contributed by atoms with van der Waals surface area (Å²) in [7, 11) is -4.05. The van der Waals surface area contributed by atoms with Crippen molar-refractivity contribution in [2.24, 2.45) is 5.73 Å². The van der Waals surface area contributed by atoms with E-state index in [9.17, 15) is 31.5 Å². The first-order chi connectivity index (χ1) is 15.3. The number of carboxylic acid groups (broad SMARTS) is 1. The number of fused-ring (bicyclic) bond motifs is 1. The molecule has 1 saturated heterocycles. The molecule has 4 rings (SSSR count). The summed E-state index contributed by atoms with van der Waals surface area (Å²) in [5, 5.41) is 9.43. The second kappa shape index (κ2) is 7.96. The zero-order valence-electron chi connectivity index (χ0n) is 17.7. The van der Waals surface area contributed by atoms with Gasteiger partial charge in [-0.2, -0.15) is 17.5 Å². The number of piperazine rings is 1. The van der Waals surface area contributed by atoms with Crippen molar-refractivity contribution in [1.82, 2.24) is 9.29 Å². The van der Waals surface area contributed by atoms with E-state index in [4.69, 9.17) is 5.73 Å². The molecule has 178 valence electrons. The first-order valence-electron chi connectivity index (χ1n) is 10.3. The molecule has 1 aromatic heterocycles. The van der Waals surface area contributed by atoms with Crippen LogP contribution >= 0.6 is 0 Å². The molecular formula is C21H23F3N4O4S. The summed E-state index contributed by atoms with van der Waals surface area (Å²) < 4.78 is 66.4. The maximum absolute atomic E-state index is 13.4. The van der Waals surface area contributed by atoms with Crippen LogP contribution in [0.2, 0.25) is 0 Å². The molecule has 0 saturated carbocycles. The number of halogens is 3. The average molecular weight is 485 g/mol. The number of pyridine rings is 1. The number of aromatic nitrogens is 1. The molecule has 3 N–H and O–H groups in total. The predicted molar refractivity (Wildman–Crippen MR) is 113 cm³/mol. The molecule has 12 heteroatoms. The Bertz CT molecular complexity index is 1180. The Balaban J connectivity index is 1.57. The van der Waals surface area contributed by atoms with Crippen molar-refractivity contribution >= 4 is 21.8 Å². The fourth-order valence-corrected chi connectivity index (χ4v) is 6.17. The first kappa shape index (κ1) is 23.5. The van der Waals surface area contributed by atoms with Crippen LogP contribution in [-0.2, 0) is 27.4 Å². The van der Waals surface area contributed by atoms with E-state index in [1.54, 1.807) is 11.0 Å². The van der Waals surface area contributed by atoms with Crippen LogP contribution in [0.15, 0.2) is 41.4 Å². The number of carbonyl (C=O) groups is 1. The minimum Gasteiger partial charge on any atom is -0.481 e. The molecule has 8 nitrogen and oxygen atoms in total. The van der Waals surface area contributed by atoms with Gasteiger partial charge in [0.1, 0.15) is 5.82 Å². The molecule has 1 unspecified atom stereocenters. The molecule has 1 aliphatic heterocycles. The third-order valence-electron chi connectivity index (χ3n) is 6.13. The van der Waals surface area contributed by atoms with E-state index in [2.05, 4.69) is 4.98 Å². The number of hydrogen-bond acceptors (Lipinski definition) is 6. The summed E-state index contributed by atoms with van der Waals surface area (Å²) in [6.07, 6.45) is -2.78. The molecule has 2 heterocycles. The maximum atomic E-state index is 13.4. The molecular weight excluding hydrogens is 461 g/mol. The van der Waals surface area contributed by atoms with Gasteiger partial charge in [-0.15, -0.1) is 0 Å². The molecule has 1 fully saturated rings. The molecule has 0 spiro atoms. The number of rotatable bonds is 4. The lowest BCUT2D eigenvalue weighted by atomic mass is 10.0. The number of sulfonamides is 1. The Morgan fingerprint density at radius 1 is 1.24 bits per heavy atom. The molecule has 1 aliphatic carbocycles. The van der Waals surface area contributed by atoms with Crippen molar-refractivity contribution in [1.29, 1.82) is 0 Å². The van der Waals surface area contributed by atoms with Crippen LogP contribution in [0, 0.1) is 0 Å². The summed E-state index contributed by atoms with van der Waals surface area (Å²) in [6.45, 7) is 1.69. The minimum atomic E-state index is -4.50. The Morgan fingerprint density at radius 3 is 2.55 bits per heavy atom. The summed E-state index contributed by atoms with van der Waals surface area (Å²) in [6, 6.07) is 6.66. The van der Waals surface area contributed by atoms with Crippen molar-refractivity contribution in [3.63, 3.8) is 0 Å². The van der Waals surface area contributed by atoms with Gasteiger partial charge in [0.25, 0.3) is 0 Å². The van der Waals surface area contributed by atoms with Gasteiger partial charge >= 0.3 is 12.1 Å². The highest BCUT2D eigenvalue weighted by Crippen LogP contribution is 2.36. The Morgan fingerprint density at radius 2 is 1.97 bits per heavy atom. The van der Waals surface area contributed by atoms with E-state index in [0.29, 0.717) is 18.4 Å². The van der Waals surface area contributed by atoms with Crippen molar-refractivity contribution in [2.45, 2.75) is 42.4 Å². The molecule has 33 heavy (non-hydrogen) atoms. The third-order valence-corrected chi connectivity index (χ3v) is 8.16. The lowest BCUT2D eigenvalue weighted by Crippen LogP contribution is -2.67. The van der Waals surface area contributed by atoms with Crippen LogP contribution < -0.4 is 10.6 Å². The van der Waals surface area contributed by atoms with E-state index >= 15 is 0 Å². The summed E-state index contributed by atoms with van der Waals surface area (Å²) in [4.78, 5) is 17.0. The summed E-state index contributed by atoms with van der Waals surface area (Å²) in [5.74, 6) is -1.48. The highest BCUT2D eigenvalue weighted by molar-refractivity contribution is 7.89. The van der Waals surface area contributed by atoms with Crippen LogP contribution in [0.5, 0.6) is 0 Å². The fraction of sp³-hybridized carbons (Fsp3) is 0.429. The molecule has 2 aliphatic rings. The second-order valence-electron chi connectivity index (χ2n) is 8.55. The van der Waals surface area contributed by atoms with Gasteiger partial charge in [0, 0.05) is 19.3 Å². The Kier molecular flexibility index (Phi) is 5.66. The molecule has 0 bridgehead atoms. The lowest BCUT2D eigenvalue weighted by Gasteiger charge is -2.46. The number of carboxylic acids is 1. The van der Waals surface area contributed by atoms with Crippen molar-refractivity contribution in [2.75, 3.05) is 24.5 Å². The number of aliphatic carboxylic acids is 1. The molecule has 0 amide bonds. The quantitative estimate of drug-likeness (QED) is 0.685. The summed E-state index contributed by atoms with van der Waals surface area (Å²) >= 11 is 0. The maximum Gasteiger partial charge on any atom is 0.417 e. The predicted octanol–water partition coefficient (Wildman–Crippen LogP) is 2.40. The van der Waals surface area contributed by atoms with Gasteiger partial charge in [-0.1, -0.05) is 6.07 Å². The molecule has 2 atom stereocenters. The molecule has 1 aromatic carbocycles. The van der Waals surface area contributed by atoms with Gasteiger partial charge in [0.2, 0.25) is 10.0 Å². The van der Waals surface area contributed by atoms with Gasteiger partial charge in [-0.25, -0.2) is 13.4 Å². The normalized spacial score (nSPS) is 24.0. The van der Waals surface area contributed by atoms with Crippen LogP contribution in [0.25, 0.3) is 0 Å². The van der Waals surface area contributed by atoms with Crippen LogP contribution in [-0.4, -0.2) is 54.1 Å². The van der Waals surface area contributed by atoms with Crippen molar-refractivity contribution in [3.8, 4) is 0 Å². The van der Waals surface area contributed by atoms with Crippen LogP contribution in [0.4, 0.5) is 19.0 Å². The minimum absolute atomic E-state index is 0.00723. The number of alkyl halides is 3. The fourth-order valence-electron chi connectivity index (χ4n) is 4.47.